The number of rotatable bonds is 2. The molecule has 15 heavy (non-hydrogen) atoms. The first kappa shape index (κ1) is 9.97. The molecule has 6 heteroatoms. The van der Waals surface area contributed by atoms with Gasteiger partial charge in [0.15, 0.2) is 0 Å². The number of amides is 2. The number of nitrogens with two attached hydrogens (primary N) is 1. The van der Waals surface area contributed by atoms with Gasteiger partial charge in [-0.2, -0.15) is 5.10 Å². The predicted octanol–water partition coefficient (Wildman–Crippen LogP) is 0.298. The normalized spacial score (nSPS) is 17.6. The summed E-state index contributed by atoms with van der Waals surface area (Å²) in [4.78, 5) is 10.6. The summed E-state index contributed by atoms with van der Waals surface area (Å²) in [6.07, 6.45) is 5.57. The molecule has 0 bridgehead atoms. The van der Waals surface area contributed by atoms with Gasteiger partial charge in [0.25, 0.3) is 0 Å². The summed E-state index contributed by atoms with van der Waals surface area (Å²) in [5.41, 5.74) is 5.67. The van der Waals surface area contributed by atoms with E-state index in [2.05, 4.69) is 15.7 Å². The summed E-state index contributed by atoms with van der Waals surface area (Å²) in [5, 5.41) is 10.0. The first-order valence-corrected chi connectivity index (χ1v) is 5.07. The minimum Gasteiger partial charge on any atom is -0.351 e. The maximum absolute atomic E-state index is 10.6. The van der Waals surface area contributed by atoms with Crippen molar-refractivity contribution < 1.29 is 4.79 Å². The van der Waals surface area contributed by atoms with Crippen LogP contribution in [0.4, 0.5) is 10.5 Å². The lowest BCUT2D eigenvalue weighted by Gasteiger charge is -2.22. The van der Waals surface area contributed by atoms with Crippen molar-refractivity contribution in [3.8, 4) is 0 Å². The van der Waals surface area contributed by atoms with Crippen LogP contribution in [0.2, 0.25) is 0 Å². The summed E-state index contributed by atoms with van der Waals surface area (Å²) in [6.45, 7) is 2.03. The molecule has 1 aliphatic heterocycles. The minimum absolute atomic E-state index is 0.426. The summed E-state index contributed by atoms with van der Waals surface area (Å²) in [5.74, 6) is 0. The Morgan fingerprint density at radius 3 is 3.00 bits per heavy atom. The largest absolute Gasteiger partial charge is 0.351 e. The Morgan fingerprint density at radius 2 is 2.33 bits per heavy atom. The summed E-state index contributed by atoms with van der Waals surface area (Å²) >= 11 is 0. The van der Waals surface area contributed by atoms with Crippen LogP contribution in [0.25, 0.3) is 0 Å². The number of carbonyl (C=O) groups excluding carboxylic acids is 1. The molecule has 1 fully saturated rings. The van der Waals surface area contributed by atoms with Gasteiger partial charge in [-0.25, -0.2) is 4.79 Å². The van der Waals surface area contributed by atoms with Crippen molar-refractivity contribution in [2.24, 2.45) is 5.73 Å². The van der Waals surface area contributed by atoms with E-state index in [0.717, 1.165) is 25.9 Å². The van der Waals surface area contributed by atoms with Crippen LogP contribution in [-0.2, 0) is 0 Å². The zero-order valence-electron chi connectivity index (χ0n) is 8.44. The van der Waals surface area contributed by atoms with Crippen LogP contribution in [-0.4, -0.2) is 28.9 Å². The lowest BCUT2D eigenvalue weighted by Crippen LogP contribution is -2.29. The highest BCUT2D eigenvalue weighted by atomic mass is 16.2. The van der Waals surface area contributed by atoms with E-state index in [-0.39, 0.29) is 0 Å². The van der Waals surface area contributed by atoms with Crippen molar-refractivity contribution in [3.63, 3.8) is 0 Å². The topological polar surface area (TPSA) is 85.0 Å². The maximum atomic E-state index is 10.6. The molecule has 2 amide bonds. The third kappa shape index (κ3) is 2.47. The van der Waals surface area contributed by atoms with Crippen LogP contribution in [0.3, 0.4) is 0 Å². The summed E-state index contributed by atoms with van der Waals surface area (Å²) in [6, 6.07) is -0.130. The van der Waals surface area contributed by atoms with Gasteiger partial charge in [0.05, 0.1) is 17.9 Å². The van der Waals surface area contributed by atoms with E-state index in [1.807, 2.05) is 10.9 Å². The first-order valence-electron chi connectivity index (χ1n) is 5.07. The Balaban J connectivity index is 2.02. The molecule has 6 nitrogen and oxygen atoms in total. The van der Waals surface area contributed by atoms with E-state index in [9.17, 15) is 4.79 Å². The number of piperidine rings is 1. The Labute approximate surface area is 87.8 Å². The van der Waals surface area contributed by atoms with Gasteiger partial charge in [0.2, 0.25) is 0 Å². The molecule has 0 aliphatic carbocycles. The van der Waals surface area contributed by atoms with Gasteiger partial charge in [-0.1, -0.05) is 0 Å². The zero-order chi connectivity index (χ0) is 10.7. The quantitative estimate of drug-likeness (QED) is 0.654. The van der Waals surface area contributed by atoms with E-state index in [0.29, 0.717) is 11.7 Å². The molecular formula is C9H15N5O. The molecule has 1 aromatic heterocycles. The van der Waals surface area contributed by atoms with Crippen molar-refractivity contribution in [2.45, 2.75) is 18.9 Å². The van der Waals surface area contributed by atoms with Gasteiger partial charge < -0.3 is 16.4 Å². The average molecular weight is 209 g/mol. The van der Waals surface area contributed by atoms with Crippen molar-refractivity contribution >= 4 is 11.7 Å². The number of nitrogens with zero attached hydrogens (tertiary/aromatic N) is 2. The molecule has 1 aromatic rings. The molecule has 0 aromatic carbocycles. The summed E-state index contributed by atoms with van der Waals surface area (Å²) < 4.78 is 1.89. The molecule has 2 rings (SSSR count). The summed E-state index contributed by atoms with van der Waals surface area (Å²) in [7, 11) is 0. The second-order valence-corrected chi connectivity index (χ2v) is 3.68. The third-order valence-electron chi connectivity index (χ3n) is 2.55. The van der Waals surface area contributed by atoms with Gasteiger partial charge in [0.1, 0.15) is 0 Å². The minimum atomic E-state index is -0.556. The van der Waals surface area contributed by atoms with E-state index < -0.39 is 6.03 Å². The zero-order valence-corrected chi connectivity index (χ0v) is 8.44. The number of anilines is 1. The molecule has 0 unspecified atom stereocenters. The van der Waals surface area contributed by atoms with Crippen LogP contribution in [0.15, 0.2) is 12.4 Å². The van der Waals surface area contributed by atoms with Crippen LogP contribution in [0.5, 0.6) is 0 Å². The standard InChI is InChI=1S/C9H15N5O/c10-9(15)13-7-5-12-14(6-7)8-1-3-11-4-2-8/h5-6,8,11H,1-4H2,(H3,10,13,15). The fraction of sp³-hybridized carbons (Fsp3) is 0.556. The van der Waals surface area contributed by atoms with Crippen molar-refractivity contribution in [3.05, 3.63) is 12.4 Å². The first-order chi connectivity index (χ1) is 7.25. The average Bonchev–Trinajstić information content (AvgIpc) is 2.67. The lowest BCUT2D eigenvalue weighted by atomic mass is 10.1. The monoisotopic (exact) mass is 209 g/mol. The highest BCUT2D eigenvalue weighted by molar-refractivity contribution is 5.87. The number of aromatic nitrogens is 2. The second-order valence-electron chi connectivity index (χ2n) is 3.68. The lowest BCUT2D eigenvalue weighted by molar-refractivity contribution is 0.259. The molecule has 0 radical (unpaired) electrons. The number of primary amides is 1. The fourth-order valence-electron chi connectivity index (χ4n) is 1.82. The Kier molecular flexibility index (Phi) is 2.86. The van der Waals surface area contributed by atoms with E-state index in [1.165, 1.54) is 0 Å². The molecule has 82 valence electrons. The second kappa shape index (κ2) is 4.31. The van der Waals surface area contributed by atoms with Crippen LogP contribution >= 0.6 is 0 Å². The third-order valence-corrected chi connectivity index (χ3v) is 2.55. The van der Waals surface area contributed by atoms with E-state index >= 15 is 0 Å². The van der Waals surface area contributed by atoms with Crippen molar-refractivity contribution in [1.29, 1.82) is 0 Å². The number of hydrogen-bond acceptors (Lipinski definition) is 3. The van der Waals surface area contributed by atoms with Gasteiger partial charge >= 0.3 is 6.03 Å². The van der Waals surface area contributed by atoms with E-state index in [1.54, 1.807) is 6.20 Å². The fourth-order valence-corrected chi connectivity index (χ4v) is 1.82. The molecule has 0 spiro atoms. The Bertz CT molecular complexity index is 342. The highest BCUT2D eigenvalue weighted by Gasteiger charge is 2.15. The maximum Gasteiger partial charge on any atom is 0.316 e. The van der Waals surface area contributed by atoms with Crippen LogP contribution < -0.4 is 16.4 Å². The molecule has 0 atom stereocenters. The highest BCUT2D eigenvalue weighted by Crippen LogP contribution is 2.19. The Hall–Kier alpha value is -1.56. The van der Waals surface area contributed by atoms with Crippen LogP contribution in [0.1, 0.15) is 18.9 Å². The van der Waals surface area contributed by atoms with Gasteiger partial charge in [-0.15, -0.1) is 0 Å². The smallest absolute Gasteiger partial charge is 0.316 e. The van der Waals surface area contributed by atoms with Crippen molar-refractivity contribution in [2.75, 3.05) is 18.4 Å². The molecule has 1 aliphatic rings. The van der Waals surface area contributed by atoms with Gasteiger partial charge in [-0.05, 0) is 25.9 Å². The number of nitrogens with one attached hydrogen (secondary N) is 2. The predicted molar refractivity (Wildman–Crippen MR) is 56.6 cm³/mol. The van der Waals surface area contributed by atoms with Gasteiger partial charge in [0, 0.05) is 6.20 Å². The SMILES string of the molecule is NC(=O)Nc1cnn(C2CCNCC2)c1. The van der Waals surface area contributed by atoms with Crippen molar-refractivity contribution in [1.82, 2.24) is 15.1 Å². The molecule has 0 saturated carbocycles. The van der Waals surface area contributed by atoms with E-state index in [4.69, 9.17) is 5.73 Å². The Morgan fingerprint density at radius 1 is 1.60 bits per heavy atom. The van der Waals surface area contributed by atoms with Crippen LogP contribution in [0, 0.1) is 0 Å². The number of urea groups is 1. The van der Waals surface area contributed by atoms with Gasteiger partial charge in [-0.3, -0.25) is 4.68 Å². The number of hydrogen-bond donors (Lipinski definition) is 3. The molecule has 4 N–H and O–H groups in total. The number of carbonyl (C=O) groups is 1. The molecule has 1 saturated heterocycles. The molecular weight excluding hydrogens is 194 g/mol. The molecule has 2 heterocycles.